The van der Waals surface area contributed by atoms with Gasteiger partial charge in [0.25, 0.3) is 0 Å². The topological polar surface area (TPSA) is 12.9 Å². The van der Waals surface area contributed by atoms with Crippen LogP contribution in [-0.2, 0) is 5.41 Å². The van der Waals surface area contributed by atoms with Gasteiger partial charge in [0, 0.05) is 4.47 Å². The average molecular weight is 284 g/mol. The van der Waals surface area contributed by atoms with E-state index >= 15 is 0 Å². The third-order valence-corrected chi connectivity index (χ3v) is 3.98. The molecule has 0 radical (unpaired) electrons. The highest BCUT2D eigenvalue weighted by Gasteiger charge is 2.18. The second kappa shape index (κ2) is 3.56. The Labute approximate surface area is 103 Å². The summed E-state index contributed by atoms with van der Waals surface area (Å²) >= 11 is 5.39. The van der Waals surface area contributed by atoms with Gasteiger partial charge in [-0.05, 0) is 30.0 Å². The molecule has 80 valence electrons. The van der Waals surface area contributed by atoms with Crippen molar-refractivity contribution in [2.24, 2.45) is 0 Å². The van der Waals surface area contributed by atoms with Crippen LogP contribution in [0.2, 0.25) is 0 Å². The fourth-order valence-corrected chi connectivity index (χ4v) is 3.41. The van der Waals surface area contributed by atoms with Crippen LogP contribution in [0.3, 0.4) is 0 Å². The van der Waals surface area contributed by atoms with E-state index in [-0.39, 0.29) is 5.41 Å². The van der Waals surface area contributed by atoms with E-state index in [0.717, 1.165) is 15.0 Å². The first-order valence-corrected chi connectivity index (χ1v) is 6.56. The standard InChI is InChI=1S/C12H14BrNS/c1-7-14-10-6-9(13)8(12(2,3)4)5-11(10)15-7/h5-6H,1-4H3. The number of benzene rings is 1. The highest BCUT2D eigenvalue weighted by Crippen LogP contribution is 2.34. The van der Waals surface area contributed by atoms with Gasteiger partial charge in [-0.2, -0.15) is 0 Å². The number of hydrogen-bond acceptors (Lipinski definition) is 2. The molecule has 0 N–H and O–H groups in total. The Kier molecular flexibility index (Phi) is 2.63. The Hall–Kier alpha value is -0.410. The molecule has 0 saturated carbocycles. The number of nitrogens with zero attached hydrogens (tertiary/aromatic N) is 1. The Morgan fingerprint density at radius 1 is 1.27 bits per heavy atom. The molecule has 0 bridgehead atoms. The van der Waals surface area contributed by atoms with E-state index in [2.05, 4.69) is 60.7 Å². The molecule has 0 amide bonds. The summed E-state index contributed by atoms with van der Waals surface area (Å²) < 4.78 is 2.44. The van der Waals surface area contributed by atoms with Crippen LogP contribution in [0, 0.1) is 6.92 Å². The second-order valence-electron chi connectivity index (χ2n) is 4.78. The van der Waals surface area contributed by atoms with E-state index in [1.165, 1.54) is 10.3 Å². The maximum atomic E-state index is 4.49. The normalized spacial score (nSPS) is 12.3. The summed E-state index contributed by atoms with van der Waals surface area (Å²) in [6, 6.07) is 4.38. The van der Waals surface area contributed by atoms with Crippen LogP contribution in [0.15, 0.2) is 16.6 Å². The minimum atomic E-state index is 0.172. The van der Waals surface area contributed by atoms with Crippen LogP contribution in [0.25, 0.3) is 10.2 Å². The largest absolute Gasteiger partial charge is 0.241 e. The number of halogens is 1. The number of aryl methyl sites for hydroxylation is 1. The number of hydrogen-bond donors (Lipinski definition) is 0. The fourth-order valence-electron chi connectivity index (χ4n) is 1.64. The Balaban J connectivity index is 2.72. The second-order valence-corrected chi connectivity index (χ2v) is 6.87. The summed E-state index contributed by atoms with van der Waals surface area (Å²) in [5, 5.41) is 1.13. The predicted octanol–water partition coefficient (Wildman–Crippen LogP) is 4.66. The molecule has 0 aliphatic heterocycles. The highest BCUT2D eigenvalue weighted by atomic mass is 79.9. The lowest BCUT2D eigenvalue weighted by atomic mass is 9.87. The van der Waals surface area contributed by atoms with Crippen LogP contribution in [0.5, 0.6) is 0 Å². The van der Waals surface area contributed by atoms with Crippen molar-refractivity contribution in [3.05, 3.63) is 27.2 Å². The number of thiazole rings is 1. The smallest absolute Gasteiger partial charge is 0.0907 e. The maximum absolute atomic E-state index is 4.49. The van der Waals surface area contributed by atoms with Gasteiger partial charge in [0.1, 0.15) is 0 Å². The molecule has 3 heteroatoms. The van der Waals surface area contributed by atoms with Crippen molar-refractivity contribution in [2.75, 3.05) is 0 Å². The molecule has 0 spiro atoms. The summed E-state index contributed by atoms with van der Waals surface area (Å²) in [7, 11) is 0. The Morgan fingerprint density at radius 3 is 2.53 bits per heavy atom. The number of rotatable bonds is 0. The molecule has 1 nitrogen and oxygen atoms in total. The minimum Gasteiger partial charge on any atom is -0.241 e. The van der Waals surface area contributed by atoms with Crippen molar-refractivity contribution in [3.63, 3.8) is 0 Å². The zero-order valence-electron chi connectivity index (χ0n) is 9.39. The summed E-state index contributed by atoms with van der Waals surface area (Å²) in [4.78, 5) is 4.49. The molecule has 1 heterocycles. The van der Waals surface area contributed by atoms with E-state index in [0.29, 0.717) is 0 Å². The van der Waals surface area contributed by atoms with Crippen molar-refractivity contribution in [1.82, 2.24) is 4.98 Å². The van der Waals surface area contributed by atoms with Crippen molar-refractivity contribution in [3.8, 4) is 0 Å². The maximum Gasteiger partial charge on any atom is 0.0907 e. The molecule has 0 aliphatic carbocycles. The SMILES string of the molecule is Cc1nc2cc(Br)c(C(C)(C)C)cc2s1. The van der Waals surface area contributed by atoms with Crippen LogP contribution in [0.4, 0.5) is 0 Å². The number of fused-ring (bicyclic) bond motifs is 1. The van der Waals surface area contributed by atoms with Crippen molar-refractivity contribution in [2.45, 2.75) is 33.1 Å². The molecule has 0 fully saturated rings. The fraction of sp³-hybridized carbons (Fsp3) is 0.417. The van der Waals surface area contributed by atoms with Gasteiger partial charge in [0.15, 0.2) is 0 Å². The van der Waals surface area contributed by atoms with Crippen molar-refractivity contribution < 1.29 is 0 Å². The van der Waals surface area contributed by atoms with Crippen molar-refractivity contribution in [1.29, 1.82) is 0 Å². The molecule has 2 rings (SSSR count). The van der Waals surface area contributed by atoms with E-state index < -0.39 is 0 Å². The first-order chi connectivity index (χ1) is 6.88. The van der Waals surface area contributed by atoms with Crippen LogP contribution < -0.4 is 0 Å². The molecular weight excluding hydrogens is 270 g/mol. The quantitative estimate of drug-likeness (QED) is 0.685. The van der Waals surface area contributed by atoms with Gasteiger partial charge in [-0.15, -0.1) is 11.3 Å². The van der Waals surface area contributed by atoms with Gasteiger partial charge in [0.05, 0.1) is 15.2 Å². The molecule has 0 unspecified atom stereocenters. The van der Waals surface area contributed by atoms with Crippen LogP contribution in [0.1, 0.15) is 31.3 Å². The molecule has 0 saturated heterocycles. The first-order valence-electron chi connectivity index (χ1n) is 4.95. The average Bonchev–Trinajstić information content (AvgIpc) is 2.40. The summed E-state index contributed by atoms with van der Waals surface area (Å²) in [5.74, 6) is 0. The molecule has 1 aromatic carbocycles. The van der Waals surface area contributed by atoms with E-state index in [9.17, 15) is 0 Å². The Bertz CT molecular complexity index is 508. The summed E-state index contributed by atoms with van der Waals surface area (Å²) in [5.41, 5.74) is 2.61. The molecular formula is C12H14BrNS. The van der Waals surface area contributed by atoms with Crippen LogP contribution in [-0.4, -0.2) is 4.98 Å². The lowest BCUT2D eigenvalue weighted by molar-refractivity contribution is 0.588. The zero-order chi connectivity index (χ0) is 11.2. The van der Waals surface area contributed by atoms with Crippen LogP contribution >= 0.6 is 27.3 Å². The lowest BCUT2D eigenvalue weighted by Crippen LogP contribution is -2.11. The lowest BCUT2D eigenvalue weighted by Gasteiger charge is -2.20. The molecule has 0 atom stereocenters. The highest BCUT2D eigenvalue weighted by molar-refractivity contribution is 9.10. The zero-order valence-corrected chi connectivity index (χ0v) is 11.8. The van der Waals surface area contributed by atoms with Gasteiger partial charge in [-0.3, -0.25) is 0 Å². The van der Waals surface area contributed by atoms with Gasteiger partial charge in [0.2, 0.25) is 0 Å². The van der Waals surface area contributed by atoms with Gasteiger partial charge in [-0.1, -0.05) is 36.7 Å². The number of aromatic nitrogens is 1. The van der Waals surface area contributed by atoms with Gasteiger partial charge in [-0.25, -0.2) is 4.98 Å². The third-order valence-electron chi connectivity index (χ3n) is 2.39. The van der Waals surface area contributed by atoms with E-state index in [1.807, 2.05) is 0 Å². The van der Waals surface area contributed by atoms with Gasteiger partial charge < -0.3 is 0 Å². The first kappa shape index (κ1) is 11.1. The van der Waals surface area contributed by atoms with Gasteiger partial charge >= 0.3 is 0 Å². The predicted molar refractivity (Wildman–Crippen MR) is 70.8 cm³/mol. The molecule has 2 aromatic rings. The third kappa shape index (κ3) is 2.08. The summed E-state index contributed by atoms with van der Waals surface area (Å²) in [6.45, 7) is 8.74. The Morgan fingerprint density at radius 2 is 1.93 bits per heavy atom. The van der Waals surface area contributed by atoms with E-state index in [4.69, 9.17) is 0 Å². The molecule has 0 aliphatic rings. The molecule has 15 heavy (non-hydrogen) atoms. The minimum absolute atomic E-state index is 0.172. The monoisotopic (exact) mass is 283 g/mol. The van der Waals surface area contributed by atoms with Crippen molar-refractivity contribution >= 4 is 37.5 Å². The van der Waals surface area contributed by atoms with E-state index in [1.54, 1.807) is 11.3 Å². The molecule has 1 aromatic heterocycles. The summed E-state index contributed by atoms with van der Waals surface area (Å²) in [6.07, 6.45) is 0.